The Hall–Kier alpha value is -1.73. The normalized spacial score (nSPS) is 29.0. The van der Waals surface area contributed by atoms with Gasteiger partial charge in [-0.05, 0) is 54.0 Å². The molecular formula is C24H25Cl2F2NO3. The van der Waals surface area contributed by atoms with Crippen molar-refractivity contribution in [1.29, 1.82) is 0 Å². The maximum atomic E-state index is 15.3. The van der Waals surface area contributed by atoms with Crippen LogP contribution in [-0.2, 0) is 10.2 Å². The Bertz CT molecular complexity index is 1040. The van der Waals surface area contributed by atoms with E-state index in [-0.39, 0.29) is 33.2 Å². The van der Waals surface area contributed by atoms with Crippen LogP contribution in [0.1, 0.15) is 49.7 Å². The number of carboxylic acids is 1. The smallest absolute Gasteiger partial charge is 0.321 e. The van der Waals surface area contributed by atoms with E-state index >= 15 is 8.78 Å². The molecule has 0 aromatic heterocycles. The van der Waals surface area contributed by atoms with Crippen LogP contribution >= 0.6 is 23.2 Å². The molecule has 0 amide bonds. The van der Waals surface area contributed by atoms with Crippen LogP contribution in [0.25, 0.3) is 0 Å². The van der Waals surface area contributed by atoms with Crippen molar-refractivity contribution in [3.8, 4) is 0 Å². The van der Waals surface area contributed by atoms with E-state index in [9.17, 15) is 15.0 Å². The number of aliphatic hydroxyl groups excluding tert-OH is 1. The number of hydrogen-bond donors (Lipinski definition) is 3. The van der Waals surface area contributed by atoms with Gasteiger partial charge < -0.3 is 15.5 Å². The zero-order valence-corrected chi connectivity index (χ0v) is 19.1. The Kier molecular flexibility index (Phi) is 6.27. The van der Waals surface area contributed by atoms with Gasteiger partial charge in [-0.25, -0.2) is 8.78 Å². The molecule has 0 spiro atoms. The van der Waals surface area contributed by atoms with Crippen LogP contribution in [0.5, 0.6) is 0 Å². The molecule has 1 aliphatic carbocycles. The highest BCUT2D eigenvalue weighted by molar-refractivity contribution is 6.31. The second-order valence-corrected chi connectivity index (χ2v) is 10.1. The van der Waals surface area contributed by atoms with E-state index in [0.717, 1.165) is 19.3 Å². The summed E-state index contributed by atoms with van der Waals surface area (Å²) in [5.74, 6) is -3.41. The van der Waals surface area contributed by atoms with Crippen LogP contribution in [0, 0.1) is 17.0 Å². The van der Waals surface area contributed by atoms with Crippen LogP contribution in [0.2, 0.25) is 10.0 Å². The fourth-order valence-corrected chi connectivity index (χ4v) is 5.96. The number of nitrogens with one attached hydrogen (secondary N) is 1. The van der Waals surface area contributed by atoms with E-state index in [0.29, 0.717) is 6.42 Å². The molecule has 2 aromatic carbocycles. The van der Waals surface area contributed by atoms with E-state index in [1.807, 2.05) is 0 Å². The van der Waals surface area contributed by atoms with Crippen molar-refractivity contribution in [2.75, 3.05) is 6.61 Å². The minimum atomic E-state index is -1.18. The maximum absolute atomic E-state index is 15.3. The standard InChI is InChI=1S/C24H25Cl2F2NO3/c1-23(15-7-6-13(25)10-17(15)27)18(11-24(12-30)8-3-9-24)29-21(22(31)32)19(23)14-4-2-5-16(26)20(14)28/h2,4-7,10,18-19,21,29-30H,3,8-9,11-12H2,1H3,(H,31,32)/t18-,19-,21+,23-/m0/s1. The summed E-state index contributed by atoms with van der Waals surface area (Å²) >= 11 is 12.0. The van der Waals surface area contributed by atoms with Gasteiger partial charge in [-0.15, -0.1) is 0 Å². The van der Waals surface area contributed by atoms with Gasteiger partial charge in [0.25, 0.3) is 0 Å². The molecule has 1 heterocycles. The SMILES string of the molecule is C[C@]1(c2ccc(Cl)cc2F)[C@H](CC2(CO)CCC2)N[C@@H](C(=O)O)[C@@H]1c1cccc(Cl)c1F. The second-order valence-electron chi connectivity index (χ2n) is 9.28. The molecule has 0 bridgehead atoms. The lowest BCUT2D eigenvalue weighted by Crippen LogP contribution is -2.48. The predicted molar refractivity (Wildman–Crippen MR) is 119 cm³/mol. The first-order valence-electron chi connectivity index (χ1n) is 10.6. The van der Waals surface area contributed by atoms with Crippen LogP contribution in [0.3, 0.4) is 0 Å². The third-order valence-electron chi connectivity index (χ3n) is 7.56. The minimum absolute atomic E-state index is 0.0434. The Balaban J connectivity index is 1.93. The van der Waals surface area contributed by atoms with Crippen LogP contribution in [0.15, 0.2) is 36.4 Å². The van der Waals surface area contributed by atoms with Crippen LogP contribution in [0.4, 0.5) is 8.78 Å². The van der Waals surface area contributed by atoms with Crippen molar-refractivity contribution in [3.05, 3.63) is 69.2 Å². The van der Waals surface area contributed by atoms with Gasteiger partial charge in [0.05, 0.1) is 5.02 Å². The van der Waals surface area contributed by atoms with Gasteiger partial charge in [0, 0.05) is 29.0 Å². The predicted octanol–water partition coefficient (Wildman–Crippen LogP) is 5.29. The summed E-state index contributed by atoms with van der Waals surface area (Å²) < 4.78 is 30.5. The van der Waals surface area contributed by atoms with Gasteiger partial charge in [0.15, 0.2) is 0 Å². The zero-order valence-electron chi connectivity index (χ0n) is 17.5. The Morgan fingerprint density at radius 3 is 2.50 bits per heavy atom. The highest BCUT2D eigenvalue weighted by Gasteiger charge is 2.59. The summed E-state index contributed by atoms with van der Waals surface area (Å²) in [4.78, 5) is 12.3. The van der Waals surface area contributed by atoms with E-state index < -0.39 is 41.0 Å². The number of halogens is 4. The number of rotatable bonds is 6. The summed E-state index contributed by atoms with van der Waals surface area (Å²) in [6.45, 7) is 1.72. The van der Waals surface area contributed by atoms with Crippen molar-refractivity contribution in [3.63, 3.8) is 0 Å². The van der Waals surface area contributed by atoms with E-state index in [4.69, 9.17) is 23.2 Å². The lowest BCUT2D eigenvalue weighted by molar-refractivity contribution is -0.139. The highest BCUT2D eigenvalue weighted by atomic mass is 35.5. The molecule has 1 saturated carbocycles. The van der Waals surface area contributed by atoms with Crippen LogP contribution < -0.4 is 5.32 Å². The van der Waals surface area contributed by atoms with E-state index in [2.05, 4.69) is 5.32 Å². The largest absolute Gasteiger partial charge is 0.480 e. The average molecular weight is 484 g/mol. The molecular weight excluding hydrogens is 459 g/mol. The lowest BCUT2D eigenvalue weighted by Gasteiger charge is -2.46. The van der Waals surface area contributed by atoms with E-state index in [1.165, 1.54) is 18.2 Å². The summed E-state index contributed by atoms with van der Waals surface area (Å²) in [5.41, 5.74) is -1.16. The first-order valence-corrected chi connectivity index (χ1v) is 11.4. The molecule has 172 valence electrons. The summed E-state index contributed by atoms with van der Waals surface area (Å²) in [6, 6.07) is 7.02. The topological polar surface area (TPSA) is 69.6 Å². The van der Waals surface area contributed by atoms with Gasteiger partial charge in [-0.3, -0.25) is 4.79 Å². The number of aliphatic hydroxyl groups is 1. The molecule has 2 fully saturated rings. The van der Waals surface area contributed by atoms with Gasteiger partial charge in [-0.1, -0.05) is 54.7 Å². The number of hydrogen-bond acceptors (Lipinski definition) is 3. The molecule has 0 radical (unpaired) electrons. The highest BCUT2D eigenvalue weighted by Crippen LogP contribution is 2.55. The Morgan fingerprint density at radius 2 is 1.94 bits per heavy atom. The molecule has 0 unspecified atom stereocenters. The molecule has 1 saturated heterocycles. The molecule has 2 aromatic rings. The summed E-state index contributed by atoms with van der Waals surface area (Å²) in [6.07, 6.45) is 3.00. The summed E-state index contributed by atoms with van der Waals surface area (Å²) in [5, 5.41) is 23.4. The van der Waals surface area contributed by atoms with Gasteiger partial charge in [-0.2, -0.15) is 0 Å². The third-order valence-corrected chi connectivity index (χ3v) is 8.09. The average Bonchev–Trinajstić information content (AvgIpc) is 3.00. The second kappa shape index (κ2) is 8.56. The molecule has 3 N–H and O–H groups in total. The molecule has 1 aliphatic heterocycles. The molecule has 4 atom stereocenters. The van der Waals surface area contributed by atoms with Gasteiger partial charge >= 0.3 is 5.97 Å². The molecule has 4 nitrogen and oxygen atoms in total. The quantitative estimate of drug-likeness (QED) is 0.521. The monoisotopic (exact) mass is 483 g/mol. The number of aliphatic carboxylic acids is 1. The van der Waals surface area contributed by atoms with Crippen molar-refractivity contribution < 1.29 is 23.8 Å². The van der Waals surface area contributed by atoms with Gasteiger partial charge in [0.1, 0.15) is 17.7 Å². The third kappa shape index (κ3) is 3.71. The Morgan fingerprint density at radius 1 is 1.22 bits per heavy atom. The van der Waals surface area contributed by atoms with Crippen molar-refractivity contribution in [1.82, 2.24) is 5.32 Å². The Labute approximate surface area is 195 Å². The van der Waals surface area contributed by atoms with Crippen molar-refractivity contribution in [2.45, 2.75) is 56.0 Å². The maximum Gasteiger partial charge on any atom is 0.321 e. The molecule has 2 aliphatic rings. The number of benzene rings is 2. The fourth-order valence-electron chi connectivity index (χ4n) is 5.62. The lowest BCUT2D eigenvalue weighted by atomic mass is 9.59. The first kappa shape index (κ1) is 23.4. The fraction of sp³-hybridized carbons (Fsp3) is 0.458. The molecule has 32 heavy (non-hydrogen) atoms. The molecule has 8 heteroatoms. The first-order chi connectivity index (χ1) is 15.1. The minimum Gasteiger partial charge on any atom is -0.480 e. The summed E-state index contributed by atoms with van der Waals surface area (Å²) in [7, 11) is 0. The van der Waals surface area contributed by atoms with Crippen LogP contribution in [-0.4, -0.2) is 34.9 Å². The van der Waals surface area contributed by atoms with Crippen molar-refractivity contribution in [2.24, 2.45) is 5.41 Å². The van der Waals surface area contributed by atoms with Gasteiger partial charge in [0.2, 0.25) is 0 Å². The number of carbonyl (C=O) groups is 1. The zero-order chi connectivity index (χ0) is 23.3. The van der Waals surface area contributed by atoms with E-state index in [1.54, 1.807) is 25.1 Å². The number of carboxylic acid groups (broad SMARTS) is 1. The molecule has 4 rings (SSSR count). The van der Waals surface area contributed by atoms with Crippen molar-refractivity contribution >= 4 is 29.2 Å².